The Bertz CT molecular complexity index is 574. The average molecular weight is 259 g/mol. The molecule has 1 atom stereocenters. The van der Waals surface area contributed by atoms with Gasteiger partial charge >= 0.3 is 0 Å². The van der Waals surface area contributed by atoms with Crippen LogP contribution in [0.4, 0.5) is 0 Å². The minimum Gasteiger partial charge on any atom is -0.464 e. The fraction of sp³-hybridized carbons (Fsp3) is 0.267. The lowest BCUT2D eigenvalue weighted by Gasteiger charge is -2.10. The van der Waals surface area contributed by atoms with Gasteiger partial charge in [0.05, 0.1) is 6.54 Å². The molecule has 1 amide bonds. The Morgan fingerprint density at radius 1 is 1.32 bits per heavy atom. The zero-order valence-corrected chi connectivity index (χ0v) is 11.0. The van der Waals surface area contributed by atoms with Gasteiger partial charge in [0.2, 0.25) is 0 Å². The second kappa shape index (κ2) is 5.71. The van der Waals surface area contributed by atoms with Gasteiger partial charge in [-0.3, -0.25) is 4.79 Å². The topological polar surface area (TPSA) is 62.5 Å². The van der Waals surface area contributed by atoms with Crippen molar-refractivity contribution in [2.24, 2.45) is 0 Å². The third-order valence-electron chi connectivity index (χ3n) is 2.83. The van der Waals surface area contributed by atoms with Crippen molar-refractivity contribution in [1.82, 2.24) is 5.32 Å². The number of aliphatic hydroxyl groups excluding tert-OH is 1. The van der Waals surface area contributed by atoms with Crippen LogP contribution >= 0.6 is 0 Å². The quantitative estimate of drug-likeness (QED) is 0.886. The Hall–Kier alpha value is -2.07. The van der Waals surface area contributed by atoms with E-state index in [-0.39, 0.29) is 12.5 Å². The molecule has 4 nitrogen and oxygen atoms in total. The summed E-state index contributed by atoms with van der Waals surface area (Å²) in [5.41, 5.74) is 1.61. The summed E-state index contributed by atoms with van der Waals surface area (Å²) in [6.45, 7) is 3.86. The minimum atomic E-state index is -0.831. The van der Waals surface area contributed by atoms with E-state index >= 15 is 0 Å². The zero-order chi connectivity index (χ0) is 13.8. The number of rotatable bonds is 4. The number of aliphatic hydroxyl groups is 1. The van der Waals surface area contributed by atoms with Crippen molar-refractivity contribution in [1.29, 1.82) is 0 Å². The first-order valence-corrected chi connectivity index (χ1v) is 6.15. The van der Waals surface area contributed by atoms with Crippen molar-refractivity contribution in [3.8, 4) is 0 Å². The Labute approximate surface area is 112 Å². The highest BCUT2D eigenvalue weighted by Gasteiger charge is 2.13. The molecule has 1 heterocycles. The Balaban J connectivity index is 1.93. The minimum absolute atomic E-state index is 0.125. The maximum atomic E-state index is 11.9. The third-order valence-corrected chi connectivity index (χ3v) is 2.83. The third kappa shape index (κ3) is 3.45. The van der Waals surface area contributed by atoms with Crippen LogP contribution in [0, 0.1) is 13.8 Å². The Kier molecular flexibility index (Phi) is 4.02. The van der Waals surface area contributed by atoms with Crippen LogP contribution in [0.25, 0.3) is 0 Å². The van der Waals surface area contributed by atoms with Gasteiger partial charge in [-0.15, -0.1) is 0 Å². The van der Waals surface area contributed by atoms with Gasteiger partial charge in [-0.05, 0) is 38.1 Å². The summed E-state index contributed by atoms with van der Waals surface area (Å²) >= 11 is 0. The summed E-state index contributed by atoms with van der Waals surface area (Å²) in [6, 6.07) is 10.8. The van der Waals surface area contributed by atoms with E-state index in [1.165, 1.54) is 0 Å². The van der Waals surface area contributed by atoms with Crippen molar-refractivity contribution in [2.45, 2.75) is 20.0 Å². The lowest BCUT2D eigenvalue weighted by atomic mass is 10.1. The van der Waals surface area contributed by atoms with E-state index in [1.54, 1.807) is 24.3 Å². The number of carbonyl (C=O) groups excluding carboxylic acids is 1. The van der Waals surface area contributed by atoms with E-state index in [9.17, 15) is 9.90 Å². The Morgan fingerprint density at radius 2 is 2.11 bits per heavy atom. The number of hydrogen-bond donors (Lipinski definition) is 2. The molecule has 1 unspecified atom stereocenters. The van der Waals surface area contributed by atoms with Gasteiger partial charge in [0, 0.05) is 5.56 Å². The molecule has 2 aromatic rings. The number of furan rings is 1. The molecule has 19 heavy (non-hydrogen) atoms. The fourth-order valence-electron chi connectivity index (χ4n) is 1.81. The summed E-state index contributed by atoms with van der Waals surface area (Å²) < 4.78 is 5.30. The van der Waals surface area contributed by atoms with Crippen molar-refractivity contribution < 1.29 is 14.3 Å². The van der Waals surface area contributed by atoms with Gasteiger partial charge < -0.3 is 14.8 Å². The molecule has 0 saturated carbocycles. The summed E-state index contributed by atoms with van der Waals surface area (Å²) in [4.78, 5) is 11.9. The van der Waals surface area contributed by atoms with Gasteiger partial charge in [-0.2, -0.15) is 0 Å². The molecule has 0 spiro atoms. The number of carbonyl (C=O) groups is 1. The molecular formula is C15H17NO3. The number of nitrogens with one attached hydrogen (secondary N) is 1. The van der Waals surface area contributed by atoms with E-state index in [0.717, 1.165) is 11.3 Å². The number of aryl methyl sites for hydroxylation is 2. The summed E-state index contributed by atoms with van der Waals surface area (Å²) in [7, 11) is 0. The largest absolute Gasteiger partial charge is 0.464 e. The highest BCUT2D eigenvalue weighted by molar-refractivity contribution is 5.94. The zero-order valence-electron chi connectivity index (χ0n) is 11.0. The predicted octanol–water partition coefficient (Wildman–Crippen LogP) is 2.36. The average Bonchev–Trinajstić information content (AvgIpc) is 2.82. The molecule has 0 aliphatic rings. The van der Waals surface area contributed by atoms with Crippen LogP contribution in [-0.4, -0.2) is 17.6 Å². The lowest BCUT2D eigenvalue weighted by Crippen LogP contribution is -2.28. The summed E-state index contributed by atoms with van der Waals surface area (Å²) in [5, 5.41) is 12.6. The maximum absolute atomic E-state index is 11.9. The van der Waals surface area contributed by atoms with E-state index in [1.807, 2.05) is 26.0 Å². The molecule has 0 aliphatic carbocycles. The molecule has 4 heteroatoms. The first kappa shape index (κ1) is 13.4. The van der Waals surface area contributed by atoms with Gasteiger partial charge in [-0.1, -0.05) is 17.7 Å². The van der Waals surface area contributed by atoms with E-state index in [4.69, 9.17) is 4.42 Å². The number of amides is 1. The first-order chi connectivity index (χ1) is 9.06. The second-order valence-corrected chi connectivity index (χ2v) is 4.54. The molecule has 2 N–H and O–H groups in total. The maximum Gasteiger partial charge on any atom is 0.251 e. The monoisotopic (exact) mass is 259 g/mol. The molecule has 1 aromatic heterocycles. The second-order valence-electron chi connectivity index (χ2n) is 4.54. The highest BCUT2D eigenvalue weighted by atomic mass is 16.4. The van der Waals surface area contributed by atoms with E-state index in [2.05, 4.69) is 5.32 Å². The highest BCUT2D eigenvalue weighted by Crippen LogP contribution is 2.15. The van der Waals surface area contributed by atoms with Crippen LogP contribution in [0.1, 0.15) is 33.5 Å². The van der Waals surface area contributed by atoms with Crippen LogP contribution in [0.3, 0.4) is 0 Å². The molecular weight excluding hydrogens is 242 g/mol. The SMILES string of the molecule is Cc1cccc(C(=O)NCC(O)c2ccc(C)o2)c1. The first-order valence-electron chi connectivity index (χ1n) is 6.15. The number of benzene rings is 1. The summed E-state index contributed by atoms with van der Waals surface area (Å²) in [5.74, 6) is 0.993. The summed E-state index contributed by atoms with van der Waals surface area (Å²) in [6.07, 6.45) is -0.831. The molecule has 2 rings (SSSR count). The fourth-order valence-corrected chi connectivity index (χ4v) is 1.81. The van der Waals surface area contributed by atoms with Gasteiger partial charge in [0.25, 0.3) is 5.91 Å². The molecule has 0 saturated heterocycles. The Morgan fingerprint density at radius 3 is 2.74 bits per heavy atom. The lowest BCUT2D eigenvalue weighted by molar-refractivity contribution is 0.0900. The van der Waals surface area contributed by atoms with Crippen LogP contribution in [0.15, 0.2) is 40.8 Å². The van der Waals surface area contributed by atoms with Gasteiger partial charge in [0.1, 0.15) is 17.6 Å². The molecule has 0 radical (unpaired) electrons. The number of hydrogen-bond acceptors (Lipinski definition) is 3. The van der Waals surface area contributed by atoms with Crippen LogP contribution in [-0.2, 0) is 0 Å². The van der Waals surface area contributed by atoms with E-state index < -0.39 is 6.10 Å². The van der Waals surface area contributed by atoms with Crippen molar-refractivity contribution >= 4 is 5.91 Å². The van der Waals surface area contributed by atoms with Gasteiger partial charge in [-0.25, -0.2) is 0 Å². The predicted molar refractivity (Wildman–Crippen MR) is 71.9 cm³/mol. The molecule has 1 aromatic carbocycles. The van der Waals surface area contributed by atoms with E-state index in [0.29, 0.717) is 11.3 Å². The van der Waals surface area contributed by atoms with Crippen molar-refractivity contribution in [3.63, 3.8) is 0 Å². The van der Waals surface area contributed by atoms with Gasteiger partial charge in [0.15, 0.2) is 0 Å². The molecule has 0 fully saturated rings. The van der Waals surface area contributed by atoms with Crippen molar-refractivity contribution in [2.75, 3.05) is 6.54 Å². The van der Waals surface area contributed by atoms with Crippen LogP contribution in [0.2, 0.25) is 0 Å². The standard InChI is InChI=1S/C15H17NO3/c1-10-4-3-5-12(8-10)15(18)16-9-13(17)14-7-6-11(2)19-14/h3-8,13,17H,9H2,1-2H3,(H,16,18). The van der Waals surface area contributed by atoms with Crippen molar-refractivity contribution in [3.05, 3.63) is 59.0 Å². The smallest absolute Gasteiger partial charge is 0.251 e. The molecule has 0 bridgehead atoms. The van der Waals surface area contributed by atoms with Crippen LogP contribution in [0.5, 0.6) is 0 Å². The normalized spacial score (nSPS) is 12.2. The molecule has 0 aliphatic heterocycles. The molecule has 100 valence electrons. The van der Waals surface area contributed by atoms with Crippen LogP contribution < -0.4 is 5.32 Å².